The molecule has 0 radical (unpaired) electrons. The molecule has 0 amide bonds. The SMILES string of the molecule is CCCC(C)Nc1ccc2sccc2c1. The largest absolute Gasteiger partial charge is 0.383 e. The molecule has 80 valence electrons. The lowest BCUT2D eigenvalue weighted by atomic mass is 10.1. The van der Waals surface area contributed by atoms with E-state index in [9.17, 15) is 0 Å². The Morgan fingerprint density at radius 2 is 2.20 bits per heavy atom. The van der Waals surface area contributed by atoms with Crippen LogP contribution in [-0.4, -0.2) is 6.04 Å². The van der Waals surface area contributed by atoms with Crippen LogP contribution >= 0.6 is 11.3 Å². The first-order chi connectivity index (χ1) is 7.29. The molecular formula is C13H17NS. The molecule has 0 aliphatic heterocycles. The number of fused-ring (bicyclic) bond motifs is 1. The lowest BCUT2D eigenvalue weighted by Crippen LogP contribution is -2.14. The van der Waals surface area contributed by atoms with E-state index in [-0.39, 0.29) is 0 Å². The van der Waals surface area contributed by atoms with Crippen LogP contribution in [0.2, 0.25) is 0 Å². The summed E-state index contributed by atoms with van der Waals surface area (Å²) in [5.41, 5.74) is 1.24. The van der Waals surface area contributed by atoms with Crippen molar-refractivity contribution in [1.82, 2.24) is 0 Å². The summed E-state index contributed by atoms with van der Waals surface area (Å²) in [5, 5.41) is 7.01. The predicted molar refractivity (Wildman–Crippen MR) is 69.8 cm³/mol. The summed E-state index contributed by atoms with van der Waals surface area (Å²) in [7, 11) is 0. The molecule has 1 unspecified atom stereocenters. The van der Waals surface area contributed by atoms with Crippen molar-refractivity contribution in [1.29, 1.82) is 0 Å². The van der Waals surface area contributed by atoms with Crippen molar-refractivity contribution in [2.24, 2.45) is 0 Å². The van der Waals surface area contributed by atoms with Gasteiger partial charge in [0, 0.05) is 16.4 Å². The Morgan fingerprint density at radius 1 is 1.33 bits per heavy atom. The molecule has 0 saturated heterocycles. The van der Waals surface area contributed by atoms with Gasteiger partial charge in [0.05, 0.1) is 0 Å². The highest BCUT2D eigenvalue weighted by Crippen LogP contribution is 2.24. The average molecular weight is 219 g/mol. The zero-order chi connectivity index (χ0) is 10.7. The third-order valence-corrected chi connectivity index (χ3v) is 3.49. The minimum Gasteiger partial charge on any atom is -0.383 e. The van der Waals surface area contributed by atoms with Crippen molar-refractivity contribution in [3.05, 3.63) is 29.6 Å². The van der Waals surface area contributed by atoms with E-state index < -0.39 is 0 Å². The van der Waals surface area contributed by atoms with Gasteiger partial charge in [-0.25, -0.2) is 0 Å². The van der Waals surface area contributed by atoms with Gasteiger partial charge in [0.15, 0.2) is 0 Å². The molecule has 0 aliphatic carbocycles. The van der Waals surface area contributed by atoms with Crippen LogP contribution in [0.4, 0.5) is 5.69 Å². The molecule has 15 heavy (non-hydrogen) atoms. The number of rotatable bonds is 4. The van der Waals surface area contributed by atoms with E-state index in [4.69, 9.17) is 0 Å². The smallest absolute Gasteiger partial charge is 0.0349 e. The number of thiophene rings is 1. The Balaban J connectivity index is 2.14. The quantitative estimate of drug-likeness (QED) is 0.798. The van der Waals surface area contributed by atoms with Gasteiger partial charge in [0.25, 0.3) is 0 Å². The standard InChI is InChI=1S/C13H17NS/c1-3-4-10(2)14-12-5-6-13-11(9-12)7-8-15-13/h5-10,14H,3-4H2,1-2H3. The first-order valence-corrected chi connectivity index (χ1v) is 6.41. The summed E-state index contributed by atoms with van der Waals surface area (Å²) in [6.07, 6.45) is 2.45. The second kappa shape index (κ2) is 4.67. The Bertz CT molecular complexity index is 433. The third kappa shape index (κ3) is 2.51. The van der Waals surface area contributed by atoms with Crippen molar-refractivity contribution in [3.63, 3.8) is 0 Å². The molecule has 0 fully saturated rings. The van der Waals surface area contributed by atoms with Gasteiger partial charge < -0.3 is 5.32 Å². The minimum atomic E-state index is 0.561. The molecule has 1 atom stereocenters. The van der Waals surface area contributed by atoms with Crippen LogP contribution in [0.3, 0.4) is 0 Å². The summed E-state index contributed by atoms with van der Waals surface area (Å²) < 4.78 is 1.36. The minimum absolute atomic E-state index is 0.561. The molecular weight excluding hydrogens is 202 g/mol. The van der Waals surface area contributed by atoms with Gasteiger partial charge in [0.1, 0.15) is 0 Å². The number of anilines is 1. The highest BCUT2D eigenvalue weighted by molar-refractivity contribution is 7.17. The van der Waals surface area contributed by atoms with Crippen LogP contribution in [0.1, 0.15) is 26.7 Å². The van der Waals surface area contributed by atoms with Crippen LogP contribution in [0.15, 0.2) is 29.6 Å². The summed E-state index contributed by atoms with van der Waals surface area (Å²) in [6.45, 7) is 4.46. The molecule has 2 rings (SSSR count). The predicted octanol–water partition coefficient (Wildman–Crippen LogP) is 4.50. The second-order valence-electron chi connectivity index (χ2n) is 4.01. The van der Waals surface area contributed by atoms with Gasteiger partial charge in [-0.3, -0.25) is 0 Å². The molecule has 2 aromatic rings. The van der Waals surface area contributed by atoms with E-state index in [0.29, 0.717) is 6.04 Å². The average Bonchev–Trinajstić information content (AvgIpc) is 2.65. The third-order valence-electron chi connectivity index (χ3n) is 2.59. The van der Waals surface area contributed by atoms with Gasteiger partial charge in [-0.05, 0) is 48.4 Å². The molecule has 0 spiro atoms. The van der Waals surface area contributed by atoms with E-state index in [1.165, 1.54) is 28.6 Å². The molecule has 0 bridgehead atoms. The maximum absolute atomic E-state index is 3.53. The van der Waals surface area contributed by atoms with E-state index in [2.05, 4.69) is 48.8 Å². The summed E-state index contributed by atoms with van der Waals surface area (Å²) >= 11 is 1.80. The monoisotopic (exact) mass is 219 g/mol. The van der Waals surface area contributed by atoms with Crippen molar-refractivity contribution in [2.45, 2.75) is 32.7 Å². The van der Waals surface area contributed by atoms with Gasteiger partial charge in [-0.2, -0.15) is 0 Å². The molecule has 1 nitrogen and oxygen atoms in total. The molecule has 1 heterocycles. The van der Waals surface area contributed by atoms with E-state index in [1.54, 1.807) is 11.3 Å². The van der Waals surface area contributed by atoms with E-state index >= 15 is 0 Å². The fourth-order valence-corrected chi connectivity index (χ4v) is 2.62. The van der Waals surface area contributed by atoms with Crippen molar-refractivity contribution in [2.75, 3.05) is 5.32 Å². The van der Waals surface area contributed by atoms with Crippen molar-refractivity contribution in [3.8, 4) is 0 Å². The van der Waals surface area contributed by atoms with Gasteiger partial charge in [-0.1, -0.05) is 13.3 Å². The van der Waals surface area contributed by atoms with Crippen molar-refractivity contribution < 1.29 is 0 Å². The van der Waals surface area contributed by atoms with Gasteiger partial charge >= 0.3 is 0 Å². The second-order valence-corrected chi connectivity index (χ2v) is 4.95. The van der Waals surface area contributed by atoms with Crippen LogP contribution < -0.4 is 5.32 Å². The van der Waals surface area contributed by atoms with E-state index in [1.807, 2.05) is 0 Å². The summed E-state index contributed by atoms with van der Waals surface area (Å²) in [6, 6.07) is 9.34. The molecule has 0 saturated carbocycles. The number of benzene rings is 1. The highest BCUT2D eigenvalue weighted by Gasteiger charge is 2.01. The lowest BCUT2D eigenvalue weighted by molar-refractivity contribution is 0.690. The highest BCUT2D eigenvalue weighted by atomic mass is 32.1. The number of hydrogen-bond donors (Lipinski definition) is 1. The van der Waals surface area contributed by atoms with Gasteiger partial charge in [0.2, 0.25) is 0 Å². The molecule has 2 heteroatoms. The van der Waals surface area contributed by atoms with Crippen LogP contribution in [0, 0.1) is 0 Å². The van der Waals surface area contributed by atoms with Crippen LogP contribution in [-0.2, 0) is 0 Å². The fourth-order valence-electron chi connectivity index (χ4n) is 1.85. The first kappa shape index (κ1) is 10.5. The summed E-state index contributed by atoms with van der Waals surface area (Å²) in [5.74, 6) is 0. The molecule has 1 aromatic heterocycles. The topological polar surface area (TPSA) is 12.0 Å². The first-order valence-electron chi connectivity index (χ1n) is 5.53. The van der Waals surface area contributed by atoms with E-state index in [0.717, 1.165) is 0 Å². The number of hydrogen-bond acceptors (Lipinski definition) is 2. The lowest BCUT2D eigenvalue weighted by Gasteiger charge is -2.14. The Kier molecular flexibility index (Phi) is 3.27. The summed E-state index contributed by atoms with van der Waals surface area (Å²) in [4.78, 5) is 0. The van der Waals surface area contributed by atoms with Gasteiger partial charge in [-0.15, -0.1) is 11.3 Å². The van der Waals surface area contributed by atoms with Crippen LogP contribution in [0.5, 0.6) is 0 Å². The maximum atomic E-state index is 3.53. The normalized spacial score (nSPS) is 12.9. The Hall–Kier alpha value is -1.02. The van der Waals surface area contributed by atoms with Crippen LogP contribution in [0.25, 0.3) is 10.1 Å². The fraction of sp³-hybridized carbons (Fsp3) is 0.385. The Morgan fingerprint density at radius 3 is 3.00 bits per heavy atom. The zero-order valence-electron chi connectivity index (χ0n) is 9.29. The van der Waals surface area contributed by atoms with Crippen molar-refractivity contribution >= 4 is 27.1 Å². The maximum Gasteiger partial charge on any atom is 0.0349 e. The Labute approximate surface area is 95.1 Å². The zero-order valence-corrected chi connectivity index (χ0v) is 10.1. The molecule has 0 aliphatic rings. The molecule has 1 N–H and O–H groups in total. The number of nitrogens with one attached hydrogen (secondary N) is 1. The molecule has 1 aromatic carbocycles.